The summed E-state index contributed by atoms with van der Waals surface area (Å²) >= 11 is 1.86. The van der Waals surface area contributed by atoms with E-state index in [4.69, 9.17) is 14.7 Å². The van der Waals surface area contributed by atoms with Crippen LogP contribution >= 0.6 is 36.2 Å². The molecule has 36 heavy (non-hydrogen) atoms. The molecule has 0 radical (unpaired) electrons. The summed E-state index contributed by atoms with van der Waals surface area (Å²) in [6.45, 7) is 7.44. The summed E-state index contributed by atoms with van der Waals surface area (Å²) < 4.78 is 5.31. The van der Waals surface area contributed by atoms with Gasteiger partial charge in [0.05, 0.1) is 17.8 Å². The second-order valence-electron chi connectivity index (χ2n) is 9.69. The third kappa shape index (κ3) is 6.05. The van der Waals surface area contributed by atoms with Gasteiger partial charge in [0.2, 0.25) is 0 Å². The van der Waals surface area contributed by atoms with E-state index in [1.807, 2.05) is 11.3 Å². The average Bonchev–Trinajstić information content (AvgIpc) is 3.20. The van der Waals surface area contributed by atoms with Crippen LogP contribution < -0.4 is 4.74 Å². The van der Waals surface area contributed by atoms with Crippen molar-refractivity contribution in [3.05, 3.63) is 75.2 Å². The van der Waals surface area contributed by atoms with Gasteiger partial charge in [-0.15, -0.1) is 36.2 Å². The molecule has 1 atom stereocenters. The number of hydrogen-bond acceptors (Lipinski definition) is 6. The molecule has 1 aromatic heterocycles. The van der Waals surface area contributed by atoms with Crippen molar-refractivity contribution in [3.63, 3.8) is 0 Å². The fraction of sp³-hybridized carbons (Fsp3) is 0.429. The summed E-state index contributed by atoms with van der Waals surface area (Å²) in [5.74, 6) is 2.40. The summed E-state index contributed by atoms with van der Waals surface area (Å²) in [7, 11) is 3.97. The fourth-order valence-corrected chi connectivity index (χ4v) is 5.90. The zero-order valence-electron chi connectivity index (χ0n) is 21.4. The SMILES string of the molecule is COc1ccc(CCC2CN(C3=Nc4ccccc4Cc4sc(C(C)C)nc43)CCN2C)cc1.Cl.Cl. The molecule has 0 saturated carbocycles. The topological polar surface area (TPSA) is 41.0 Å². The first kappa shape index (κ1) is 28.5. The Labute approximate surface area is 231 Å². The molecular weight excluding hydrogens is 511 g/mol. The number of methoxy groups -OCH3 is 1. The highest BCUT2D eigenvalue weighted by molar-refractivity contribution is 7.12. The van der Waals surface area contributed by atoms with E-state index in [9.17, 15) is 0 Å². The van der Waals surface area contributed by atoms with Gasteiger partial charge >= 0.3 is 0 Å². The van der Waals surface area contributed by atoms with Crippen LogP contribution in [0.25, 0.3) is 0 Å². The van der Waals surface area contributed by atoms with Crippen molar-refractivity contribution in [2.24, 2.45) is 4.99 Å². The molecule has 1 fully saturated rings. The Morgan fingerprint density at radius 3 is 2.53 bits per heavy atom. The highest BCUT2D eigenvalue weighted by atomic mass is 35.5. The number of para-hydroxylation sites is 1. The van der Waals surface area contributed by atoms with Gasteiger partial charge < -0.3 is 9.64 Å². The van der Waals surface area contributed by atoms with Crippen molar-refractivity contribution in [1.29, 1.82) is 0 Å². The van der Waals surface area contributed by atoms with Gasteiger partial charge in [0, 0.05) is 42.9 Å². The Balaban J connectivity index is 0.00000180. The second kappa shape index (κ2) is 12.4. The van der Waals surface area contributed by atoms with Crippen LogP contribution in [0.1, 0.15) is 52.9 Å². The van der Waals surface area contributed by atoms with Crippen LogP contribution in [-0.4, -0.2) is 60.5 Å². The zero-order chi connectivity index (χ0) is 23.7. The zero-order valence-corrected chi connectivity index (χ0v) is 23.9. The van der Waals surface area contributed by atoms with Crippen LogP contribution in [0, 0.1) is 0 Å². The van der Waals surface area contributed by atoms with Gasteiger partial charge in [-0.25, -0.2) is 9.98 Å². The summed E-state index contributed by atoms with van der Waals surface area (Å²) in [5, 5.41) is 1.21. The molecule has 2 aliphatic heterocycles. The number of ether oxygens (including phenoxy) is 1. The number of fused-ring (bicyclic) bond motifs is 2. The molecule has 0 aliphatic carbocycles. The first-order valence-electron chi connectivity index (χ1n) is 12.3. The maximum Gasteiger partial charge on any atom is 0.156 e. The number of rotatable bonds is 5. The minimum Gasteiger partial charge on any atom is -0.497 e. The van der Waals surface area contributed by atoms with Gasteiger partial charge in [0.25, 0.3) is 0 Å². The highest BCUT2D eigenvalue weighted by Gasteiger charge is 2.31. The normalized spacial score (nSPS) is 17.3. The van der Waals surface area contributed by atoms with Crippen LogP contribution in [0.3, 0.4) is 0 Å². The second-order valence-corrected chi connectivity index (χ2v) is 10.8. The van der Waals surface area contributed by atoms with Crippen LogP contribution in [-0.2, 0) is 12.8 Å². The van der Waals surface area contributed by atoms with Gasteiger partial charge in [-0.1, -0.05) is 44.2 Å². The highest BCUT2D eigenvalue weighted by Crippen LogP contribution is 2.35. The van der Waals surface area contributed by atoms with Crippen molar-refractivity contribution < 1.29 is 4.74 Å². The van der Waals surface area contributed by atoms with E-state index in [-0.39, 0.29) is 24.8 Å². The Morgan fingerprint density at radius 2 is 1.81 bits per heavy atom. The lowest BCUT2D eigenvalue weighted by atomic mass is 10.0. The first-order valence-corrected chi connectivity index (χ1v) is 13.1. The number of amidine groups is 1. The number of halogens is 2. The van der Waals surface area contributed by atoms with Crippen LogP contribution in [0.4, 0.5) is 5.69 Å². The minimum atomic E-state index is 0. The Hall–Kier alpha value is -2.12. The monoisotopic (exact) mass is 546 g/mol. The smallest absolute Gasteiger partial charge is 0.156 e. The molecule has 0 amide bonds. The molecule has 3 aromatic rings. The summed E-state index contributed by atoms with van der Waals surface area (Å²) in [5.41, 5.74) is 4.84. The van der Waals surface area contributed by atoms with E-state index < -0.39 is 0 Å². The molecule has 0 spiro atoms. The Bertz CT molecular complexity index is 1180. The number of aryl methyl sites for hydroxylation is 1. The third-order valence-corrected chi connectivity index (χ3v) is 8.35. The molecule has 0 bridgehead atoms. The molecule has 194 valence electrons. The molecule has 1 saturated heterocycles. The van der Waals surface area contributed by atoms with Crippen LogP contribution in [0.15, 0.2) is 53.5 Å². The molecule has 5 rings (SSSR count). The minimum absolute atomic E-state index is 0. The predicted molar refractivity (Wildman–Crippen MR) is 155 cm³/mol. The lowest BCUT2D eigenvalue weighted by Crippen LogP contribution is -2.53. The Kier molecular flexibility index (Phi) is 9.81. The number of hydrogen-bond donors (Lipinski definition) is 0. The average molecular weight is 548 g/mol. The largest absolute Gasteiger partial charge is 0.497 e. The molecular formula is C28H36Cl2N4OS. The van der Waals surface area contributed by atoms with Crippen molar-refractivity contribution in [2.75, 3.05) is 33.8 Å². The molecule has 8 heteroatoms. The summed E-state index contributed by atoms with van der Waals surface area (Å²) in [4.78, 5) is 16.7. The van der Waals surface area contributed by atoms with Crippen LogP contribution in [0.5, 0.6) is 5.75 Å². The molecule has 1 unspecified atom stereocenters. The predicted octanol–water partition coefficient (Wildman–Crippen LogP) is 6.35. The molecule has 2 aliphatic rings. The molecule has 3 heterocycles. The lowest BCUT2D eigenvalue weighted by Gasteiger charge is -2.40. The number of likely N-dealkylation sites (N-methyl/N-ethyl adjacent to an activating group) is 1. The molecule has 5 nitrogen and oxygen atoms in total. The van der Waals surface area contributed by atoms with Gasteiger partial charge in [-0.2, -0.15) is 0 Å². The number of piperazine rings is 1. The maximum absolute atomic E-state index is 5.31. The number of nitrogens with zero attached hydrogens (tertiary/aromatic N) is 4. The van der Waals surface area contributed by atoms with E-state index in [1.54, 1.807) is 7.11 Å². The Morgan fingerprint density at radius 1 is 1.06 bits per heavy atom. The molecule has 0 N–H and O–H groups in total. The van der Waals surface area contributed by atoms with Crippen molar-refractivity contribution in [2.45, 2.75) is 45.1 Å². The van der Waals surface area contributed by atoms with E-state index in [1.165, 1.54) is 21.0 Å². The quantitative estimate of drug-likeness (QED) is 0.373. The first-order chi connectivity index (χ1) is 16.5. The van der Waals surface area contributed by atoms with Crippen molar-refractivity contribution >= 4 is 47.7 Å². The standard InChI is InChI=1S/C28H34N4OS.2ClH/c1-19(2)28-30-26-25(34-28)17-21-7-5-6-8-24(21)29-27(26)32-16-15-31(3)22(18-32)12-9-20-10-13-23(33-4)14-11-20;;/h5-8,10-11,13-14,19,22H,9,12,15-18H2,1-4H3;2*1H. The van der Waals surface area contributed by atoms with E-state index in [0.717, 1.165) is 61.9 Å². The van der Waals surface area contributed by atoms with E-state index in [2.05, 4.69) is 79.2 Å². The lowest BCUT2D eigenvalue weighted by molar-refractivity contribution is 0.134. The number of aromatic nitrogens is 1. The third-order valence-electron chi connectivity index (χ3n) is 6.99. The maximum atomic E-state index is 5.31. The van der Waals surface area contributed by atoms with Gasteiger partial charge in [0.1, 0.15) is 11.4 Å². The summed E-state index contributed by atoms with van der Waals surface area (Å²) in [6, 6.07) is 17.5. The van der Waals surface area contributed by atoms with Crippen molar-refractivity contribution in [3.8, 4) is 5.75 Å². The molecule has 2 aromatic carbocycles. The van der Waals surface area contributed by atoms with Gasteiger partial charge in [-0.05, 0) is 49.2 Å². The van der Waals surface area contributed by atoms with Crippen LogP contribution in [0.2, 0.25) is 0 Å². The number of aliphatic imine (C=N–C) groups is 1. The van der Waals surface area contributed by atoms with Gasteiger partial charge in [0.15, 0.2) is 5.84 Å². The van der Waals surface area contributed by atoms with E-state index >= 15 is 0 Å². The number of benzene rings is 2. The van der Waals surface area contributed by atoms with Gasteiger partial charge in [-0.3, -0.25) is 4.90 Å². The number of thiazole rings is 1. The van der Waals surface area contributed by atoms with Crippen molar-refractivity contribution in [1.82, 2.24) is 14.8 Å². The summed E-state index contributed by atoms with van der Waals surface area (Å²) in [6.07, 6.45) is 3.09. The van der Waals surface area contributed by atoms with E-state index in [0.29, 0.717) is 12.0 Å². The fourth-order valence-electron chi connectivity index (χ4n) is 4.82.